The van der Waals surface area contributed by atoms with Gasteiger partial charge in [-0.25, -0.2) is 4.79 Å². The maximum absolute atomic E-state index is 12.2. The van der Waals surface area contributed by atoms with Gasteiger partial charge in [0.2, 0.25) is 5.91 Å². The summed E-state index contributed by atoms with van der Waals surface area (Å²) in [7, 11) is 1.60. The Morgan fingerprint density at radius 2 is 1.88 bits per heavy atom. The number of ether oxygens (including phenoxy) is 2. The molecule has 1 heterocycles. The molecule has 5 nitrogen and oxygen atoms in total. The van der Waals surface area contributed by atoms with Gasteiger partial charge in [-0.3, -0.25) is 4.79 Å². The van der Waals surface area contributed by atoms with E-state index in [0.717, 1.165) is 21.8 Å². The third-order valence-electron chi connectivity index (χ3n) is 3.64. The van der Waals surface area contributed by atoms with Crippen LogP contribution in [0.3, 0.4) is 0 Å². The zero-order valence-electron chi connectivity index (χ0n) is 14.7. The summed E-state index contributed by atoms with van der Waals surface area (Å²) in [5, 5.41) is 3.28. The predicted octanol–water partition coefficient (Wildman–Crippen LogP) is 4.20. The molecule has 0 saturated heterocycles. The summed E-state index contributed by atoms with van der Waals surface area (Å²) < 4.78 is 10.2. The summed E-state index contributed by atoms with van der Waals surface area (Å²) in [6.07, 6.45) is 3.13. The fraction of sp³-hybridized carbons (Fsp3) is 0.263. The minimum absolute atomic E-state index is 0.290. The Kier molecular flexibility index (Phi) is 6.36. The van der Waals surface area contributed by atoms with Crippen molar-refractivity contribution in [3.63, 3.8) is 0 Å². The number of anilines is 1. The molecule has 6 heteroatoms. The molecule has 0 unspecified atom stereocenters. The van der Waals surface area contributed by atoms with E-state index in [1.54, 1.807) is 20.1 Å². The lowest BCUT2D eigenvalue weighted by atomic mass is 10.1. The molecule has 132 valence electrons. The first kappa shape index (κ1) is 18.7. The van der Waals surface area contributed by atoms with E-state index in [9.17, 15) is 9.59 Å². The van der Waals surface area contributed by atoms with Gasteiger partial charge in [0.05, 0.1) is 19.3 Å². The van der Waals surface area contributed by atoms with E-state index < -0.39 is 5.97 Å². The van der Waals surface area contributed by atoms with Gasteiger partial charge in [-0.15, -0.1) is 11.3 Å². The second kappa shape index (κ2) is 8.48. The van der Waals surface area contributed by atoms with Gasteiger partial charge in [-0.05, 0) is 50.1 Å². The predicted molar refractivity (Wildman–Crippen MR) is 100 cm³/mol. The van der Waals surface area contributed by atoms with Crippen LogP contribution in [0.1, 0.15) is 33.3 Å². The number of carbonyl (C=O) groups is 2. The van der Waals surface area contributed by atoms with Gasteiger partial charge in [-0.1, -0.05) is 12.1 Å². The van der Waals surface area contributed by atoms with E-state index in [-0.39, 0.29) is 12.5 Å². The summed E-state index contributed by atoms with van der Waals surface area (Å²) >= 11 is 1.37. The minimum Gasteiger partial charge on any atom is -0.497 e. The molecule has 0 saturated carbocycles. The molecule has 1 aromatic carbocycles. The van der Waals surface area contributed by atoms with E-state index in [0.29, 0.717) is 10.6 Å². The number of thiophene rings is 1. The molecule has 0 aliphatic heterocycles. The Bertz CT molecular complexity index is 791. The highest BCUT2D eigenvalue weighted by atomic mass is 32.1. The summed E-state index contributed by atoms with van der Waals surface area (Å²) in [5.74, 6) is 0.0339. The second-order valence-corrected chi connectivity index (χ2v) is 6.53. The second-order valence-electron chi connectivity index (χ2n) is 5.30. The van der Waals surface area contributed by atoms with Crippen LogP contribution in [0.5, 0.6) is 5.75 Å². The van der Waals surface area contributed by atoms with Gasteiger partial charge in [0.15, 0.2) is 0 Å². The number of benzene rings is 1. The zero-order valence-corrected chi connectivity index (χ0v) is 15.5. The monoisotopic (exact) mass is 359 g/mol. The topological polar surface area (TPSA) is 64.6 Å². The number of rotatable bonds is 6. The SMILES string of the molecule is CCOC(=O)c1c(NC(=O)C=Cc2ccc(OC)cc2)sc(C)c1C. The van der Waals surface area contributed by atoms with Crippen molar-refractivity contribution in [3.8, 4) is 5.75 Å². The number of amides is 1. The molecule has 0 atom stereocenters. The smallest absolute Gasteiger partial charge is 0.341 e. The Morgan fingerprint density at radius 1 is 1.20 bits per heavy atom. The molecule has 0 radical (unpaired) electrons. The van der Waals surface area contributed by atoms with E-state index in [2.05, 4.69) is 5.32 Å². The molecule has 1 amide bonds. The van der Waals surface area contributed by atoms with Crippen molar-refractivity contribution < 1.29 is 19.1 Å². The first-order valence-corrected chi connectivity index (χ1v) is 8.68. The molecule has 0 fully saturated rings. The molecular weight excluding hydrogens is 338 g/mol. The van der Waals surface area contributed by atoms with Gasteiger partial charge in [0, 0.05) is 11.0 Å². The molecule has 1 N–H and O–H groups in total. The first-order valence-electron chi connectivity index (χ1n) is 7.86. The Labute approximate surface area is 151 Å². The van der Waals surface area contributed by atoms with Crippen molar-refractivity contribution in [2.45, 2.75) is 20.8 Å². The van der Waals surface area contributed by atoms with Crippen LogP contribution in [0.15, 0.2) is 30.3 Å². The molecule has 2 rings (SSSR count). The third-order valence-corrected chi connectivity index (χ3v) is 4.77. The van der Waals surface area contributed by atoms with Crippen LogP contribution in [-0.2, 0) is 9.53 Å². The Balaban J connectivity index is 2.13. The molecule has 0 spiro atoms. The Hall–Kier alpha value is -2.60. The number of hydrogen-bond acceptors (Lipinski definition) is 5. The lowest BCUT2D eigenvalue weighted by molar-refractivity contribution is -0.111. The lowest BCUT2D eigenvalue weighted by Gasteiger charge is -2.05. The van der Waals surface area contributed by atoms with Crippen LogP contribution in [-0.4, -0.2) is 25.6 Å². The minimum atomic E-state index is -0.418. The fourth-order valence-electron chi connectivity index (χ4n) is 2.20. The van der Waals surface area contributed by atoms with Crippen molar-refractivity contribution in [2.24, 2.45) is 0 Å². The highest BCUT2D eigenvalue weighted by molar-refractivity contribution is 7.16. The molecule has 0 aliphatic rings. The van der Waals surface area contributed by atoms with E-state index in [1.165, 1.54) is 17.4 Å². The summed E-state index contributed by atoms with van der Waals surface area (Å²) in [4.78, 5) is 25.3. The molecule has 0 aliphatic carbocycles. The normalized spacial score (nSPS) is 10.7. The quantitative estimate of drug-likeness (QED) is 0.620. The molecule has 2 aromatic rings. The van der Waals surface area contributed by atoms with Crippen LogP contribution in [0.2, 0.25) is 0 Å². The average Bonchev–Trinajstić information content (AvgIpc) is 2.87. The van der Waals surface area contributed by atoms with Gasteiger partial charge in [0.1, 0.15) is 10.8 Å². The van der Waals surface area contributed by atoms with Crippen LogP contribution >= 0.6 is 11.3 Å². The molecule has 0 bridgehead atoms. The van der Waals surface area contributed by atoms with Crippen LogP contribution < -0.4 is 10.1 Å². The van der Waals surface area contributed by atoms with Gasteiger partial charge in [-0.2, -0.15) is 0 Å². The summed E-state index contributed by atoms with van der Waals surface area (Å²) in [5.41, 5.74) is 2.13. The molecule has 1 aromatic heterocycles. The number of aryl methyl sites for hydroxylation is 1. The fourth-order valence-corrected chi connectivity index (χ4v) is 3.26. The van der Waals surface area contributed by atoms with Crippen molar-refractivity contribution in [1.29, 1.82) is 0 Å². The third kappa shape index (κ3) is 4.70. The standard InChI is InChI=1S/C19H21NO4S/c1-5-24-19(22)17-12(2)13(3)25-18(17)20-16(21)11-8-14-6-9-15(23-4)10-7-14/h6-11H,5H2,1-4H3,(H,20,21). The van der Waals surface area contributed by atoms with Crippen molar-refractivity contribution in [3.05, 3.63) is 51.9 Å². The molecule has 25 heavy (non-hydrogen) atoms. The first-order chi connectivity index (χ1) is 12.0. The highest BCUT2D eigenvalue weighted by Gasteiger charge is 2.21. The lowest BCUT2D eigenvalue weighted by Crippen LogP contribution is -2.12. The number of nitrogens with one attached hydrogen (secondary N) is 1. The summed E-state index contributed by atoms with van der Waals surface area (Å²) in [6, 6.07) is 7.35. The largest absolute Gasteiger partial charge is 0.497 e. The van der Waals surface area contributed by atoms with Gasteiger partial charge >= 0.3 is 5.97 Å². The van der Waals surface area contributed by atoms with E-state index >= 15 is 0 Å². The van der Waals surface area contributed by atoms with Crippen LogP contribution in [0, 0.1) is 13.8 Å². The molecular formula is C19H21NO4S. The number of methoxy groups -OCH3 is 1. The van der Waals surface area contributed by atoms with Gasteiger partial charge in [0.25, 0.3) is 0 Å². The van der Waals surface area contributed by atoms with Crippen molar-refractivity contribution >= 4 is 34.3 Å². The highest BCUT2D eigenvalue weighted by Crippen LogP contribution is 2.33. The van der Waals surface area contributed by atoms with E-state index in [4.69, 9.17) is 9.47 Å². The number of esters is 1. The number of hydrogen-bond donors (Lipinski definition) is 1. The maximum atomic E-state index is 12.2. The van der Waals surface area contributed by atoms with E-state index in [1.807, 2.05) is 38.1 Å². The Morgan fingerprint density at radius 3 is 2.48 bits per heavy atom. The average molecular weight is 359 g/mol. The maximum Gasteiger partial charge on any atom is 0.341 e. The van der Waals surface area contributed by atoms with Crippen LogP contribution in [0.25, 0.3) is 6.08 Å². The van der Waals surface area contributed by atoms with Crippen molar-refractivity contribution in [2.75, 3.05) is 19.0 Å². The zero-order chi connectivity index (χ0) is 18.4. The number of carbonyl (C=O) groups excluding carboxylic acids is 2. The summed E-state index contributed by atoms with van der Waals surface area (Å²) in [6.45, 7) is 5.80. The van der Waals surface area contributed by atoms with Crippen LogP contribution in [0.4, 0.5) is 5.00 Å². The van der Waals surface area contributed by atoms with Crippen molar-refractivity contribution in [1.82, 2.24) is 0 Å². The van der Waals surface area contributed by atoms with Gasteiger partial charge < -0.3 is 14.8 Å².